The number of carbonyl (C=O) groups excluding carboxylic acids is 1. The van der Waals surface area contributed by atoms with Crippen LogP contribution in [0.2, 0.25) is 0 Å². The van der Waals surface area contributed by atoms with Gasteiger partial charge >= 0.3 is 0 Å². The third-order valence-corrected chi connectivity index (χ3v) is 4.83. The minimum atomic E-state index is -0.115. The number of morpholine rings is 1. The lowest BCUT2D eigenvalue weighted by atomic mass is 10.1. The highest BCUT2D eigenvalue weighted by molar-refractivity contribution is 5.89. The lowest BCUT2D eigenvalue weighted by Crippen LogP contribution is -2.35. The van der Waals surface area contributed by atoms with Crippen LogP contribution in [0.15, 0.2) is 42.6 Å². The Balaban J connectivity index is 1.60. The second kappa shape index (κ2) is 8.91. The summed E-state index contributed by atoms with van der Waals surface area (Å²) < 4.78 is 5.43. The summed E-state index contributed by atoms with van der Waals surface area (Å²) in [6, 6.07) is 11.5. The summed E-state index contributed by atoms with van der Waals surface area (Å²) in [5, 5.41) is 7.01. The molecule has 1 saturated heterocycles. The second-order valence-corrected chi connectivity index (χ2v) is 7.22. The van der Waals surface area contributed by atoms with E-state index in [4.69, 9.17) is 11.2 Å². The van der Waals surface area contributed by atoms with Crippen molar-refractivity contribution in [2.75, 3.05) is 36.9 Å². The Bertz CT molecular complexity index is 1120. The minimum absolute atomic E-state index is 0.115. The molecule has 30 heavy (non-hydrogen) atoms. The molecule has 0 aliphatic carbocycles. The minimum Gasteiger partial charge on any atom is -0.379 e. The van der Waals surface area contributed by atoms with Crippen LogP contribution in [-0.2, 0) is 16.1 Å². The number of rotatable bonds is 5. The van der Waals surface area contributed by atoms with E-state index in [-0.39, 0.29) is 5.91 Å². The van der Waals surface area contributed by atoms with Crippen molar-refractivity contribution in [1.82, 2.24) is 14.9 Å². The number of ether oxygens (including phenoxy) is 1. The quantitative estimate of drug-likeness (QED) is 0.640. The summed E-state index contributed by atoms with van der Waals surface area (Å²) in [7, 11) is 0. The average molecular weight is 401 g/mol. The maximum Gasteiger partial charge on any atom is 0.227 e. The Morgan fingerprint density at radius 3 is 2.77 bits per heavy atom. The number of nitrogens with zero attached hydrogens (tertiary/aromatic N) is 3. The van der Waals surface area contributed by atoms with Gasteiger partial charge < -0.3 is 15.4 Å². The number of carbonyl (C=O) groups is 1. The van der Waals surface area contributed by atoms with E-state index in [0.29, 0.717) is 5.95 Å². The Kier molecular flexibility index (Phi) is 5.89. The number of hydrogen-bond acceptors (Lipinski definition) is 6. The van der Waals surface area contributed by atoms with Gasteiger partial charge in [0.25, 0.3) is 0 Å². The summed E-state index contributed by atoms with van der Waals surface area (Å²) in [6.45, 7) is 5.53. The SMILES string of the molecule is C#Cc1ccc2nc(Nc3cc(CN4CCOCC4)cc(NC(C)=O)c3)ncc2c1. The molecule has 0 unspecified atom stereocenters. The molecular weight excluding hydrogens is 378 g/mol. The maximum atomic E-state index is 11.6. The van der Waals surface area contributed by atoms with Crippen LogP contribution in [0.25, 0.3) is 10.9 Å². The average Bonchev–Trinajstić information content (AvgIpc) is 2.73. The molecule has 2 aromatic carbocycles. The normalized spacial score (nSPS) is 14.3. The zero-order valence-corrected chi connectivity index (χ0v) is 16.8. The Hall–Kier alpha value is -3.47. The molecule has 0 atom stereocenters. The summed E-state index contributed by atoms with van der Waals surface area (Å²) in [4.78, 5) is 22.9. The Morgan fingerprint density at radius 1 is 1.20 bits per heavy atom. The number of terminal acetylenes is 1. The van der Waals surface area contributed by atoms with Crippen LogP contribution in [0.4, 0.5) is 17.3 Å². The number of aromatic nitrogens is 2. The van der Waals surface area contributed by atoms with Crippen molar-refractivity contribution < 1.29 is 9.53 Å². The van der Waals surface area contributed by atoms with Gasteiger partial charge in [-0.05, 0) is 42.0 Å². The van der Waals surface area contributed by atoms with Gasteiger partial charge in [0.2, 0.25) is 11.9 Å². The number of benzene rings is 2. The highest BCUT2D eigenvalue weighted by Gasteiger charge is 2.12. The molecule has 3 aromatic rings. The van der Waals surface area contributed by atoms with Crippen LogP contribution < -0.4 is 10.6 Å². The third kappa shape index (κ3) is 4.92. The summed E-state index contributed by atoms with van der Waals surface area (Å²) in [5.41, 5.74) is 4.23. The molecule has 1 fully saturated rings. The van der Waals surface area contributed by atoms with Gasteiger partial charge in [-0.2, -0.15) is 0 Å². The van der Waals surface area contributed by atoms with E-state index in [1.165, 1.54) is 6.92 Å². The monoisotopic (exact) mass is 401 g/mol. The fourth-order valence-corrected chi connectivity index (χ4v) is 3.46. The van der Waals surface area contributed by atoms with Crippen molar-refractivity contribution >= 4 is 34.1 Å². The van der Waals surface area contributed by atoms with E-state index in [0.717, 1.165) is 66.3 Å². The second-order valence-electron chi connectivity index (χ2n) is 7.22. The number of nitrogens with one attached hydrogen (secondary N) is 2. The van der Waals surface area contributed by atoms with Gasteiger partial charge in [-0.15, -0.1) is 6.42 Å². The standard InChI is InChI=1S/C23H23N5O2/c1-3-17-4-5-22-19(10-17)14-24-23(27-22)26-21-12-18(11-20(13-21)25-16(2)29)15-28-6-8-30-9-7-28/h1,4-5,10-14H,6-9,15H2,2H3,(H,25,29)(H,24,26,27). The molecule has 7 heteroatoms. The lowest BCUT2D eigenvalue weighted by Gasteiger charge is -2.27. The molecule has 4 rings (SSSR count). The largest absolute Gasteiger partial charge is 0.379 e. The molecular formula is C23H23N5O2. The van der Waals surface area contributed by atoms with Gasteiger partial charge in [-0.3, -0.25) is 9.69 Å². The van der Waals surface area contributed by atoms with Crippen molar-refractivity contribution in [1.29, 1.82) is 0 Å². The van der Waals surface area contributed by atoms with Gasteiger partial charge in [0.15, 0.2) is 0 Å². The van der Waals surface area contributed by atoms with Crippen molar-refractivity contribution in [3.8, 4) is 12.3 Å². The van der Waals surface area contributed by atoms with Crippen molar-refractivity contribution in [3.05, 3.63) is 53.7 Å². The smallest absolute Gasteiger partial charge is 0.227 e. The molecule has 1 aromatic heterocycles. The van der Waals surface area contributed by atoms with Crippen LogP contribution in [0, 0.1) is 12.3 Å². The van der Waals surface area contributed by atoms with E-state index in [2.05, 4.69) is 37.5 Å². The highest BCUT2D eigenvalue weighted by atomic mass is 16.5. The number of anilines is 3. The number of fused-ring (bicyclic) bond motifs is 1. The topological polar surface area (TPSA) is 79.4 Å². The maximum absolute atomic E-state index is 11.6. The molecule has 2 heterocycles. The molecule has 1 aliphatic heterocycles. The Labute approximate surface area is 175 Å². The van der Waals surface area contributed by atoms with E-state index in [1.54, 1.807) is 6.20 Å². The molecule has 1 aliphatic rings. The first-order valence-electron chi connectivity index (χ1n) is 9.81. The summed E-state index contributed by atoms with van der Waals surface area (Å²) in [5.74, 6) is 2.98. The van der Waals surface area contributed by atoms with Gasteiger partial charge in [0.1, 0.15) is 0 Å². The fourth-order valence-electron chi connectivity index (χ4n) is 3.46. The predicted octanol–water partition coefficient (Wildman–Crippen LogP) is 3.15. The third-order valence-electron chi connectivity index (χ3n) is 4.83. The first-order valence-corrected chi connectivity index (χ1v) is 9.81. The van der Waals surface area contributed by atoms with Crippen LogP contribution in [0.3, 0.4) is 0 Å². The van der Waals surface area contributed by atoms with Crippen LogP contribution >= 0.6 is 0 Å². The van der Waals surface area contributed by atoms with Gasteiger partial charge in [0.05, 0.1) is 18.7 Å². The van der Waals surface area contributed by atoms with Gasteiger partial charge in [-0.25, -0.2) is 9.97 Å². The zero-order valence-electron chi connectivity index (χ0n) is 16.8. The first-order chi connectivity index (χ1) is 14.6. The lowest BCUT2D eigenvalue weighted by molar-refractivity contribution is -0.114. The van der Waals surface area contributed by atoms with Gasteiger partial charge in [-0.1, -0.05) is 5.92 Å². The predicted molar refractivity (Wildman–Crippen MR) is 118 cm³/mol. The van der Waals surface area contributed by atoms with E-state index in [1.807, 2.05) is 30.3 Å². The van der Waals surface area contributed by atoms with Crippen molar-refractivity contribution in [2.24, 2.45) is 0 Å². The highest BCUT2D eigenvalue weighted by Crippen LogP contribution is 2.24. The Morgan fingerprint density at radius 2 is 2.00 bits per heavy atom. The zero-order chi connectivity index (χ0) is 20.9. The first kappa shape index (κ1) is 19.8. The van der Waals surface area contributed by atoms with Crippen molar-refractivity contribution in [2.45, 2.75) is 13.5 Å². The van der Waals surface area contributed by atoms with Gasteiger partial charge in [0, 0.05) is 55.1 Å². The molecule has 7 nitrogen and oxygen atoms in total. The van der Waals surface area contributed by atoms with Crippen molar-refractivity contribution in [3.63, 3.8) is 0 Å². The molecule has 0 radical (unpaired) electrons. The summed E-state index contributed by atoms with van der Waals surface area (Å²) >= 11 is 0. The van der Waals surface area contributed by atoms with Crippen LogP contribution in [0.1, 0.15) is 18.1 Å². The molecule has 0 saturated carbocycles. The molecule has 0 spiro atoms. The molecule has 0 bridgehead atoms. The fraction of sp³-hybridized carbons (Fsp3) is 0.261. The summed E-state index contributed by atoms with van der Waals surface area (Å²) in [6.07, 6.45) is 7.21. The van der Waals surface area contributed by atoms with Crippen LogP contribution in [0.5, 0.6) is 0 Å². The molecule has 1 amide bonds. The van der Waals surface area contributed by atoms with E-state index in [9.17, 15) is 4.79 Å². The van der Waals surface area contributed by atoms with E-state index >= 15 is 0 Å². The van der Waals surface area contributed by atoms with Crippen LogP contribution in [-0.4, -0.2) is 47.1 Å². The molecule has 152 valence electrons. The molecule has 2 N–H and O–H groups in total. The van der Waals surface area contributed by atoms with E-state index < -0.39 is 0 Å². The number of hydrogen-bond donors (Lipinski definition) is 2. The number of amides is 1.